The van der Waals surface area contributed by atoms with Crippen LogP contribution in [-0.4, -0.2) is 126 Å². The predicted molar refractivity (Wildman–Crippen MR) is 371 cm³/mol. The third-order valence-corrected chi connectivity index (χ3v) is 15.7. The Morgan fingerprint density at radius 1 is 0.511 bits per heavy atom. The Morgan fingerprint density at radius 2 is 0.894 bits per heavy atom. The molecule has 1 atom stereocenters. The Kier molecular flexibility index (Phi) is 22.6. The summed E-state index contributed by atoms with van der Waals surface area (Å²) in [4.78, 5) is 45.9. The number of hydrogen-bond donors (Lipinski definition) is 18. The number of fused-ring (bicyclic) bond motifs is 3. The van der Waals surface area contributed by atoms with Gasteiger partial charge in [-0.05, 0) is 95.6 Å². The third-order valence-electron chi connectivity index (χ3n) is 15.5. The Labute approximate surface area is 545 Å². The van der Waals surface area contributed by atoms with Gasteiger partial charge in [0.1, 0.15) is 41.1 Å². The van der Waals surface area contributed by atoms with Crippen molar-refractivity contribution in [2.45, 2.75) is 32.2 Å². The molecule has 0 aliphatic carbocycles. The summed E-state index contributed by atoms with van der Waals surface area (Å²) >= 11 is 6.14. The van der Waals surface area contributed by atoms with Gasteiger partial charge >= 0.3 is 17.9 Å². The summed E-state index contributed by atoms with van der Waals surface area (Å²) < 4.78 is 14.6. The van der Waals surface area contributed by atoms with Crippen molar-refractivity contribution in [3.05, 3.63) is 212 Å². The lowest BCUT2D eigenvalue weighted by molar-refractivity contribution is -0.144. The smallest absolute Gasteiger partial charge is 0.338 e. The number of aromatic nitrogens is 3. The molecule has 10 aromatic rings. The van der Waals surface area contributed by atoms with Crippen LogP contribution in [0.5, 0.6) is 0 Å². The minimum Gasteiger partial charge on any atom is -0.468 e. The van der Waals surface area contributed by atoms with Crippen molar-refractivity contribution in [3.63, 3.8) is 0 Å². The summed E-state index contributed by atoms with van der Waals surface area (Å²) in [5.41, 5.74) is 49.7. The second kappa shape index (κ2) is 31.1. The van der Waals surface area contributed by atoms with Crippen molar-refractivity contribution < 1.29 is 33.7 Å². The van der Waals surface area contributed by atoms with Gasteiger partial charge in [-0.25, -0.2) is 4.79 Å². The average molecular weight is 1290 g/mol. The van der Waals surface area contributed by atoms with Crippen LogP contribution in [0.4, 0.5) is 0 Å². The molecule has 24 N–H and O–H groups in total. The Bertz CT molecular complexity index is 4520. The molecule has 3 heterocycles. The molecule has 24 nitrogen and oxygen atoms in total. The van der Waals surface area contributed by atoms with E-state index in [1.54, 1.807) is 55.5 Å². The van der Waals surface area contributed by atoms with Crippen molar-refractivity contribution in [2.75, 3.05) is 47.1 Å². The minimum absolute atomic E-state index is 0.00317. The second-order valence-electron chi connectivity index (χ2n) is 21.6. The van der Waals surface area contributed by atoms with E-state index < -0.39 is 18.0 Å². The molecule has 484 valence electrons. The van der Waals surface area contributed by atoms with Gasteiger partial charge in [-0.1, -0.05) is 127 Å². The van der Waals surface area contributed by atoms with Gasteiger partial charge in [0, 0.05) is 95.5 Å². The van der Waals surface area contributed by atoms with Gasteiger partial charge in [0.05, 0.1) is 45.2 Å². The molecule has 7 aromatic carbocycles. The number of hydrogen-bond acceptors (Lipinski definition) is 15. The zero-order valence-corrected chi connectivity index (χ0v) is 52.6. The molecular formula is C69H74ClN17O7. The molecule has 0 radical (unpaired) electrons. The summed E-state index contributed by atoms with van der Waals surface area (Å²) in [5, 5.41) is 64.9. The zero-order chi connectivity index (χ0) is 67.9. The number of aliphatic hydroxyl groups is 1. The number of methoxy groups -OCH3 is 2. The lowest BCUT2D eigenvalue weighted by atomic mass is 9.95. The highest BCUT2D eigenvalue weighted by Gasteiger charge is 2.22. The number of aliphatic hydroxyl groups excluding tert-OH is 1. The first-order chi connectivity index (χ1) is 45.0. The maximum absolute atomic E-state index is 12.4. The van der Waals surface area contributed by atoms with E-state index in [2.05, 4.69) is 25.6 Å². The Balaban J connectivity index is 0.000000181. The number of nitrogens with two attached hydrogens (primary N) is 6. The molecule has 0 aliphatic heterocycles. The molecule has 0 aliphatic rings. The van der Waals surface area contributed by atoms with Crippen LogP contribution in [-0.2, 0) is 43.1 Å². The second-order valence-corrected chi connectivity index (χ2v) is 22.0. The standard InChI is InChI=1S/C25H22ClN5O2.C22H26N6O3.C22H26N6O2/c1-33-25(32)19-12-17(26)8-6-15(19)10-20-18-9-7-16(24(29)30)11-21(18)31-22(20)13-2-4-14(5-3-13)23(27)28;1-31-22(30)18(11-29)27-9-8-16-15-7-6-14(21(25)26)10-17(15)28-19(16)12-2-4-13(5-3-12)20(23)24;1-2-30-19(29)12-27-10-9-17-16-8-7-15(22(25)26)11-18(16)28-20(17)13-3-5-14(6-4-13)21(23)24/h2-9,11-12,31H,10H2,1H3,(H3,27,28)(H3,29,30);2-7,10,18,27-29H,8-9,11H2,1H3,(H3,23,24)(H3,25,26);3-8,11,27-28H,2,9-10,12H2,1H3,(H3,23,24)(H3,25,26). The molecule has 0 spiro atoms. The Morgan fingerprint density at radius 3 is 1.27 bits per heavy atom. The van der Waals surface area contributed by atoms with Crippen molar-refractivity contribution in [1.29, 1.82) is 32.5 Å². The fourth-order valence-corrected chi connectivity index (χ4v) is 10.9. The van der Waals surface area contributed by atoms with Crippen molar-refractivity contribution in [2.24, 2.45) is 34.4 Å². The average Bonchev–Trinajstić information content (AvgIpc) is 1.65. The van der Waals surface area contributed by atoms with E-state index in [1.165, 1.54) is 14.2 Å². The first kappa shape index (κ1) is 68.5. The Hall–Kier alpha value is -11.4. The van der Waals surface area contributed by atoms with Gasteiger partial charge in [-0.15, -0.1) is 0 Å². The molecule has 94 heavy (non-hydrogen) atoms. The van der Waals surface area contributed by atoms with Crippen LogP contribution in [0.3, 0.4) is 0 Å². The van der Waals surface area contributed by atoms with E-state index in [0.29, 0.717) is 82.9 Å². The first-order valence-corrected chi connectivity index (χ1v) is 29.9. The number of amidine groups is 6. The quantitative estimate of drug-likeness (QED) is 0.00910. The van der Waals surface area contributed by atoms with E-state index in [1.807, 2.05) is 97.1 Å². The molecular weight excluding hydrogens is 1210 g/mol. The van der Waals surface area contributed by atoms with Crippen molar-refractivity contribution in [3.8, 4) is 33.8 Å². The van der Waals surface area contributed by atoms with Gasteiger partial charge in [-0.3, -0.25) is 42.0 Å². The predicted octanol–water partition coefficient (Wildman–Crippen LogP) is 7.60. The fraction of sp³-hybridized carbons (Fsp3) is 0.174. The van der Waals surface area contributed by atoms with Gasteiger partial charge in [-0.2, -0.15) is 0 Å². The minimum atomic E-state index is -0.794. The normalized spacial score (nSPS) is 11.2. The number of esters is 3. The largest absolute Gasteiger partial charge is 0.468 e. The van der Waals surface area contributed by atoms with Gasteiger partial charge in [0.25, 0.3) is 0 Å². The van der Waals surface area contributed by atoms with Crippen LogP contribution in [0, 0.1) is 32.5 Å². The van der Waals surface area contributed by atoms with Crippen molar-refractivity contribution >= 4 is 97.2 Å². The van der Waals surface area contributed by atoms with Gasteiger partial charge in [0.15, 0.2) is 0 Å². The highest BCUT2D eigenvalue weighted by atomic mass is 35.5. The van der Waals surface area contributed by atoms with Gasteiger partial charge < -0.3 is 79.3 Å². The summed E-state index contributed by atoms with van der Waals surface area (Å²) in [6.07, 6.45) is 1.68. The number of H-pyrrole nitrogens is 3. The highest BCUT2D eigenvalue weighted by molar-refractivity contribution is 6.31. The number of carbonyl (C=O) groups excluding carboxylic acids is 3. The lowest BCUT2D eigenvalue weighted by Gasteiger charge is -2.14. The maximum Gasteiger partial charge on any atom is 0.338 e. The van der Waals surface area contributed by atoms with E-state index >= 15 is 0 Å². The third kappa shape index (κ3) is 16.4. The molecule has 25 heteroatoms. The van der Waals surface area contributed by atoms with E-state index in [9.17, 15) is 19.5 Å². The number of halogens is 1. The number of benzene rings is 7. The van der Waals surface area contributed by atoms with Gasteiger partial charge in [0.2, 0.25) is 0 Å². The monoisotopic (exact) mass is 1290 g/mol. The number of nitrogen functional groups attached to an aromatic ring is 6. The van der Waals surface area contributed by atoms with Crippen LogP contribution >= 0.6 is 11.6 Å². The van der Waals surface area contributed by atoms with Crippen LogP contribution in [0.2, 0.25) is 5.02 Å². The number of carbonyl (C=O) groups is 3. The zero-order valence-electron chi connectivity index (χ0n) is 51.8. The molecule has 0 bridgehead atoms. The first-order valence-electron chi connectivity index (χ1n) is 29.5. The topological polar surface area (TPSA) is 470 Å². The summed E-state index contributed by atoms with van der Waals surface area (Å²) in [5.74, 6) is -1.27. The molecule has 1 unspecified atom stereocenters. The molecule has 3 aromatic heterocycles. The summed E-state index contributed by atoms with van der Waals surface area (Å²) in [6.45, 7) is 2.97. The van der Waals surface area contributed by atoms with Crippen LogP contribution in [0.15, 0.2) is 146 Å². The SMILES string of the molecule is CCOC(=O)CNCCc1c(-c2ccc(C(=N)N)cc2)[nH]c2cc(C(=N)N)ccc12.COC(=O)C(CO)NCCc1c(-c2ccc(C(=N)N)cc2)[nH]c2cc(C(=N)N)ccc12.COC(=O)c1cc(Cl)ccc1Cc1c(-c2ccc(C(=N)N)cc2)[nH]c2cc(C(=N)N)ccc12. The van der Waals surface area contributed by atoms with E-state index in [4.69, 9.17) is 92.7 Å². The summed E-state index contributed by atoms with van der Waals surface area (Å²) in [7, 11) is 2.62. The summed E-state index contributed by atoms with van der Waals surface area (Å²) in [6, 6.07) is 43.3. The highest BCUT2D eigenvalue weighted by Crippen LogP contribution is 2.36. The molecule has 0 saturated heterocycles. The fourth-order valence-electron chi connectivity index (χ4n) is 10.7. The number of aromatic amines is 3. The number of rotatable bonds is 24. The molecule has 0 fully saturated rings. The lowest BCUT2D eigenvalue weighted by Crippen LogP contribution is -2.41. The van der Waals surface area contributed by atoms with Crippen LogP contribution in [0.1, 0.15) is 72.9 Å². The van der Waals surface area contributed by atoms with Crippen LogP contribution in [0.25, 0.3) is 66.5 Å². The van der Waals surface area contributed by atoms with Crippen LogP contribution < -0.4 is 45.0 Å². The molecule has 0 amide bonds. The molecule has 10 rings (SSSR count). The number of ether oxygens (including phenoxy) is 3. The van der Waals surface area contributed by atoms with E-state index in [0.717, 1.165) is 88.7 Å². The van der Waals surface area contributed by atoms with E-state index in [-0.39, 0.29) is 54.1 Å². The van der Waals surface area contributed by atoms with Crippen molar-refractivity contribution in [1.82, 2.24) is 25.6 Å². The molecule has 0 saturated carbocycles. The number of nitrogens with one attached hydrogen (secondary N) is 11. The maximum atomic E-state index is 12.4.